The van der Waals surface area contributed by atoms with Crippen LogP contribution in [0.4, 0.5) is 0 Å². The van der Waals surface area contributed by atoms with Gasteiger partial charge in [-0.05, 0) is 39.8 Å². The van der Waals surface area contributed by atoms with Gasteiger partial charge in [-0.15, -0.1) is 0 Å². The summed E-state index contributed by atoms with van der Waals surface area (Å²) in [4.78, 5) is 16.6. The molecule has 2 N–H and O–H groups in total. The maximum Gasteiger partial charge on any atom is 0.252 e. The zero-order valence-corrected chi connectivity index (χ0v) is 11.5. The van der Waals surface area contributed by atoms with Gasteiger partial charge in [-0.3, -0.25) is 4.79 Å². The van der Waals surface area contributed by atoms with Gasteiger partial charge in [0.1, 0.15) is 6.10 Å². The Morgan fingerprint density at radius 3 is 2.78 bits per heavy atom. The molecule has 3 unspecified atom stereocenters. The lowest BCUT2D eigenvalue weighted by molar-refractivity contribution is -0.143. The molecular weight excluding hydrogens is 230 g/mol. The van der Waals surface area contributed by atoms with Gasteiger partial charge in [-0.25, -0.2) is 0 Å². The quantitative estimate of drug-likeness (QED) is 0.771. The average molecular weight is 255 g/mol. The van der Waals surface area contributed by atoms with E-state index >= 15 is 0 Å². The number of rotatable bonds is 4. The molecule has 0 aromatic rings. The Kier molecular flexibility index (Phi) is 4.59. The molecule has 2 aliphatic heterocycles. The lowest BCUT2D eigenvalue weighted by Gasteiger charge is -2.29. The van der Waals surface area contributed by atoms with Gasteiger partial charge in [0.15, 0.2) is 0 Å². The van der Waals surface area contributed by atoms with Crippen molar-refractivity contribution in [1.82, 2.24) is 9.80 Å². The molecule has 5 heteroatoms. The smallest absolute Gasteiger partial charge is 0.252 e. The first-order valence-electron chi connectivity index (χ1n) is 6.92. The monoisotopic (exact) mass is 255 g/mol. The van der Waals surface area contributed by atoms with Gasteiger partial charge >= 0.3 is 0 Å². The van der Waals surface area contributed by atoms with Gasteiger partial charge in [-0.2, -0.15) is 0 Å². The lowest BCUT2D eigenvalue weighted by Crippen LogP contribution is -2.46. The molecule has 0 aromatic carbocycles. The summed E-state index contributed by atoms with van der Waals surface area (Å²) in [6.45, 7) is 2.34. The van der Waals surface area contributed by atoms with Crippen LogP contribution in [0.25, 0.3) is 0 Å². The molecule has 0 aromatic heterocycles. The fourth-order valence-corrected chi connectivity index (χ4v) is 2.98. The first kappa shape index (κ1) is 13.8. The summed E-state index contributed by atoms with van der Waals surface area (Å²) in [6, 6.07) is 0.355. The molecule has 2 fully saturated rings. The summed E-state index contributed by atoms with van der Waals surface area (Å²) in [6.07, 6.45) is 3.79. The predicted molar refractivity (Wildman–Crippen MR) is 70.2 cm³/mol. The van der Waals surface area contributed by atoms with Crippen LogP contribution in [0, 0.1) is 0 Å². The van der Waals surface area contributed by atoms with Crippen LogP contribution in [0.3, 0.4) is 0 Å². The Balaban J connectivity index is 1.91. The van der Waals surface area contributed by atoms with E-state index in [1.165, 1.54) is 0 Å². The van der Waals surface area contributed by atoms with Crippen molar-refractivity contribution < 1.29 is 9.53 Å². The van der Waals surface area contributed by atoms with Crippen LogP contribution in [-0.2, 0) is 9.53 Å². The highest BCUT2D eigenvalue weighted by Crippen LogP contribution is 2.25. The maximum absolute atomic E-state index is 12.4. The highest BCUT2D eigenvalue weighted by atomic mass is 16.5. The topological polar surface area (TPSA) is 58.8 Å². The Morgan fingerprint density at radius 1 is 1.39 bits per heavy atom. The van der Waals surface area contributed by atoms with E-state index in [1.807, 2.05) is 4.90 Å². The molecule has 2 heterocycles. The molecule has 18 heavy (non-hydrogen) atoms. The van der Waals surface area contributed by atoms with Crippen molar-refractivity contribution in [1.29, 1.82) is 0 Å². The SMILES string of the molecule is CN(C)CC1CCCN1C(=O)C1CCC(CN)O1. The molecule has 0 aliphatic carbocycles. The fraction of sp³-hybridized carbons (Fsp3) is 0.923. The fourth-order valence-electron chi connectivity index (χ4n) is 2.98. The minimum atomic E-state index is -0.249. The second-order valence-electron chi connectivity index (χ2n) is 5.65. The maximum atomic E-state index is 12.4. The van der Waals surface area contributed by atoms with Gasteiger partial charge in [0.25, 0.3) is 5.91 Å². The van der Waals surface area contributed by atoms with Crippen molar-refractivity contribution >= 4 is 5.91 Å². The minimum Gasteiger partial charge on any atom is -0.364 e. The number of likely N-dealkylation sites (N-methyl/N-ethyl adjacent to an activating group) is 1. The number of nitrogens with two attached hydrogens (primary N) is 1. The van der Waals surface area contributed by atoms with E-state index in [-0.39, 0.29) is 18.1 Å². The van der Waals surface area contributed by atoms with Crippen molar-refractivity contribution in [2.24, 2.45) is 5.73 Å². The second-order valence-corrected chi connectivity index (χ2v) is 5.65. The number of nitrogens with zero attached hydrogens (tertiary/aromatic N) is 2. The second kappa shape index (κ2) is 5.99. The number of hydrogen-bond acceptors (Lipinski definition) is 4. The van der Waals surface area contributed by atoms with Crippen LogP contribution in [0.2, 0.25) is 0 Å². The van der Waals surface area contributed by atoms with E-state index in [2.05, 4.69) is 19.0 Å². The highest BCUT2D eigenvalue weighted by molar-refractivity contribution is 5.81. The zero-order valence-electron chi connectivity index (χ0n) is 11.5. The number of amides is 1. The summed E-state index contributed by atoms with van der Waals surface area (Å²) in [5, 5.41) is 0. The van der Waals surface area contributed by atoms with Gasteiger partial charge in [0, 0.05) is 25.7 Å². The van der Waals surface area contributed by atoms with Crippen molar-refractivity contribution in [2.75, 3.05) is 33.7 Å². The van der Waals surface area contributed by atoms with E-state index in [1.54, 1.807) is 0 Å². The molecule has 0 bridgehead atoms. The molecule has 3 atom stereocenters. The number of ether oxygens (including phenoxy) is 1. The summed E-state index contributed by atoms with van der Waals surface area (Å²) < 4.78 is 5.71. The summed E-state index contributed by atoms with van der Waals surface area (Å²) >= 11 is 0. The third-order valence-electron chi connectivity index (χ3n) is 3.88. The van der Waals surface area contributed by atoms with E-state index in [0.29, 0.717) is 12.6 Å². The molecule has 0 radical (unpaired) electrons. The van der Waals surface area contributed by atoms with Crippen LogP contribution in [0.5, 0.6) is 0 Å². The van der Waals surface area contributed by atoms with Crippen LogP contribution in [-0.4, -0.2) is 67.7 Å². The Hall–Kier alpha value is -0.650. The largest absolute Gasteiger partial charge is 0.364 e. The first-order valence-corrected chi connectivity index (χ1v) is 6.92. The number of carbonyl (C=O) groups excluding carboxylic acids is 1. The van der Waals surface area contributed by atoms with Crippen molar-refractivity contribution in [2.45, 2.75) is 43.9 Å². The van der Waals surface area contributed by atoms with Crippen LogP contribution < -0.4 is 5.73 Å². The van der Waals surface area contributed by atoms with Crippen LogP contribution in [0.15, 0.2) is 0 Å². The van der Waals surface area contributed by atoms with Gasteiger partial charge in [0.2, 0.25) is 0 Å². The zero-order chi connectivity index (χ0) is 13.1. The first-order chi connectivity index (χ1) is 8.61. The summed E-state index contributed by atoms with van der Waals surface area (Å²) in [5.74, 6) is 0.176. The van der Waals surface area contributed by atoms with Gasteiger partial charge in [0.05, 0.1) is 6.10 Å². The standard InChI is InChI=1S/C13H25N3O2/c1-15(2)9-10-4-3-7-16(10)13(17)12-6-5-11(8-14)18-12/h10-12H,3-9,14H2,1-2H3. The number of carbonyl (C=O) groups is 1. The molecule has 1 amide bonds. The van der Waals surface area contributed by atoms with Gasteiger partial charge in [-0.1, -0.05) is 0 Å². The van der Waals surface area contributed by atoms with Crippen molar-refractivity contribution in [3.8, 4) is 0 Å². The predicted octanol–water partition coefficient (Wildman–Crippen LogP) is 0.0453. The molecule has 0 saturated carbocycles. The van der Waals surface area contributed by atoms with E-state index in [9.17, 15) is 4.79 Å². The molecule has 0 spiro atoms. The van der Waals surface area contributed by atoms with Crippen LogP contribution >= 0.6 is 0 Å². The molecular formula is C13H25N3O2. The van der Waals surface area contributed by atoms with Gasteiger partial charge < -0.3 is 20.3 Å². The van der Waals surface area contributed by atoms with Crippen molar-refractivity contribution in [3.05, 3.63) is 0 Å². The molecule has 2 aliphatic rings. The Morgan fingerprint density at radius 2 is 2.17 bits per heavy atom. The summed E-state index contributed by atoms with van der Waals surface area (Å²) in [5.41, 5.74) is 5.59. The molecule has 2 rings (SSSR count). The number of hydrogen-bond donors (Lipinski definition) is 1. The Bertz CT molecular complexity index is 296. The Labute approximate surface area is 109 Å². The minimum absolute atomic E-state index is 0.0776. The van der Waals surface area contributed by atoms with Crippen molar-refractivity contribution in [3.63, 3.8) is 0 Å². The third kappa shape index (κ3) is 3.02. The average Bonchev–Trinajstić information content (AvgIpc) is 2.95. The molecule has 5 nitrogen and oxygen atoms in total. The molecule has 104 valence electrons. The van der Waals surface area contributed by atoms with E-state index < -0.39 is 0 Å². The van der Waals surface area contributed by atoms with E-state index in [0.717, 1.165) is 38.8 Å². The molecule has 2 saturated heterocycles. The summed E-state index contributed by atoms with van der Waals surface area (Å²) in [7, 11) is 4.11. The normalized spacial score (nSPS) is 32.4. The van der Waals surface area contributed by atoms with Crippen LogP contribution in [0.1, 0.15) is 25.7 Å². The highest BCUT2D eigenvalue weighted by Gasteiger charge is 2.37. The third-order valence-corrected chi connectivity index (χ3v) is 3.88. The number of likely N-dealkylation sites (tertiary alicyclic amines) is 1. The van der Waals surface area contributed by atoms with E-state index in [4.69, 9.17) is 10.5 Å². The lowest BCUT2D eigenvalue weighted by atomic mass is 10.1.